The first kappa shape index (κ1) is 16.3. The molecule has 1 aromatic rings. The third-order valence-corrected chi connectivity index (χ3v) is 5.47. The minimum absolute atomic E-state index is 0.169. The first-order valence-electron chi connectivity index (χ1n) is 7.40. The predicted octanol–water partition coefficient (Wildman–Crippen LogP) is 3.49. The summed E-state index contributed by atoms with van der Waals surface area (Å²) in [5.41, 5.74) is -0.533. The molecular formula is C16H22FNO2S. The van der Waals surface area contributed by atoms with Gasteiger partial charge in [-0.25, -0.2) is 4.39 Å². The highest BCUT2D eigenvalue weighted by atomic mass is 32.2. The Morgan fingerprint density at radius 3 is 2.62 bits per heavy atom. The van der Waals surface area contributed by atoms with E-state index in [0.29, 0.717) is 24.2 Å². The summed E-state index contributed by atoms with van der Waals surface area (Å²) in [6.45, 7) is 4.46. The van der Waals surface area contributed by atoms with Crippen molar-refractivity contribution in [2.24, 2.45) is 5.41 Å². The van der Waals surface area contributed by atoms with Crippen molar-refractivity contribution in [3.8, 4) is 0 Å². The molecule has 0 aromatic heterocycles. The van der Waals surface area contributed by atoms with E-state index in [1.807, 2.05) is 13.0 Å². The lowest BCUT2D eigenvalue weighted by molar-refractivity contribution is -0.152. The zero-order chi connectivity index (χ0) is 15.3. The van der Waals surface area contributed by atoms with Crippen molar-refractivity contribution in [2.45, 2.75) is 31.1 Å². The zero-order valence-corrected chi connectivity index (χ0v) is 13.2. The Bertz CT molecular complexity index is 487. The van der Waals surface area contributed by atoms with Crippen molar-refractivity contribution in [3.63, 3.8) is 0 Å². The molecule has 1 fully saturated rings. The standard InChI is InChI=1S/C16H22FNO2S/c1-2-16(15(19)20)7-9-18(10-8-16)11-12-21-14-6-4-3-5-13(14)17/h3-6H,2,7-12H2,1H3,(H,19,20). The summed E-state index contributed by atoms with van der Waals surface area (Å²) in [6, 6.07) is 6.81. The third-order valence-electron chi connectivity index (χ3n) is 4.45. The van der Waals surface area contributed by atoms with E-state index < -0.39 is 11.4 Å². The number of likely N-dealkylation sites (tertiary alicyclic amines) is 1. The zero-order valence-electron chi connectivity index (χ0n) is 12.3. The smallest absolute Gasteiger partial charge is 0.309 e. The quantitative estimate of drug-likeness (QED) is 0.816. The van der Waals surface area contributed by atoms with Gasteiger partial charge in [-0.1, -0.05) is 19.1 Å². The van der Waals surface area contributed by atoms with E-state index in [4.69, 9.17) is 0 Å². The monoisotopic (exact) mass is 311 g/mol. The number of carboxylic acid groups (broad SMARTS) is 1. The van der Waals surface area contributed by atoms with Gasteiger partial charge in [-0.3, -0.25) is 4.79 Å². The van der Waals surface area contributed by atoms with Crippen molar-refractivity contribution in [2.75, 3.05) is 25.4 Å². The van der Waals surface area contributed by atoms with Crippen LogP contribution in [0.2, 0.25) is 0 Å². The normalized spacial score (nSPS) is 18.6. The summed E-state index contributed by atoms with van der Waals surface area (Å²) in [5.74, 6) is -0.00459. The Balaban J connectivity index is 1.77. The van der Waals surface area contributed by atoms with E-state index in [1.165, 1.54) is 17.8 Å². The summed E-state index contributed by atoms with van der Waals surface area (Å²) in [5, 5.41) is 9.37. The fourth-order valence-electron chi connectivity index (χ4n) is 2.77. The Labute approximate surface area is 129 Å². The largest absolute Gasteiger partial charge is 0.481 e. The molecule has 0 bridgehead atoms. The van der Waals surface area contributed by atoms with Crippen molar-refractivity contribution in [1.82, 2.24) is 4.90 Å². The number of carboxylic acids is 1. The molecule has 0 unspecified atom stereocenters. The maximum atomic E-state index is 13.5. The number of rotatable bonds is 6. The highest BCUT2D eigenvalue weighted by Crippen LogP contribution is 2.35. The SMILES string of the molecule is CCC1(C(=O)O)CCN(CCSc2ccccc2F)CC1. The van der Waals surface area contributed by atoms with E-state index in [9.17, 15) is 14.3 Å². The maximum Gasteiger partial charge on any atom is 0.309 e. The van der Waals surface area contributed by atoms with Crippen LogP contribution in [0.5, 0.6) is 0 Å². The highest BCUT2D eigenvalue weighted by molar-refractivity contribution is 7.99. The van der Waals surface area contributed by atoms with Gasteiger partial charge in [0.1, 0.15) is 5.82 Å². The van der Waals surface area contributed by atoms with Gasteiger partial charge in [0.2, 0.25) is 0 Å². The number of benzene rings is 1. The van der Waals surface area contributed by atoms with Crippen LogP contribution >= 0.6 is 11.8 Å². The molecule has 0 spiro atoms. The lowest BCUT2D eigenvalue weighted by Gasteiger charge is -2.38. The van der Waals surface area contributed by atoms with Crippen LogP contribution in [0.25, 0.3) is 0 Å². The van der Waals surface area contributed by atoms with Crippen molar-refractivity contribution >= 4 is 17.7 Å². The van der Waals surface area contributed by atoms with Crippen LogP contribution in [-0.4, -0.2) is 41.4 Å². The Morgan fingerprint density at radius 1 is 1.38 bits per heavy atom. The molecule has 1 saturated heterocycles. The number of hydrogen-bond donors (Lipinski definition) is 1. The third kappa shape index (κ3) is 3.98. The molecular weight excluding hydrogens is 289 g/mol. The van der Waals surface area contributed by atoms with Crippen LogP contribution in [0.1, 0.15) is 26.2 Å². The molecule has 3 nitrogen and oxygen atoms in total. The van der Waals surface area contributed by atoms with Crippen LogP contribution in [0.15, 0.2) is 29.2 Å². The minimum atomic E-state index is -0.662. The number of piperidine rings is 1. The van der Waals surface area contributed by atoms with Crippen LogP contribution in [-0.2, 0) is 4.79 Å². The summed E-state index contributed by atoms with van der Waals surface area (Å²) in [7, 11) is 0. The van der Waals surface area contributed by atoms with Crippen LogP contribution in [0.3, 0.4) is 0 Å². The molecule has 0 atom stereocenters. The van der Waals surface area contributed by atoms with E-state index in [1.54, 1.807) is 12.1 Å². The number of nitrogens with zero attached hydrogens (tertiary/aromatic N) is 1. The van der Waals surface area contributed by atoms with Gasteiger partial charge in [-0.2, -0.15) is 0 Å². The van der Waals surface area contributed by atoms with E-state index >= 15 is 0 Å². The van der Waals surface area contributed by atoms with E-state index in [2.05, 4.69) is 4.90 Å². The van der Waals surface area contributed by atoms with Gasteiger partial charge in [0, 0.05) is 17.2 Å². The van der Waals surface area contributed by atoms with Crippen LogP contribution in [0, 0.1) is 11.2 Å². The summed E-state index contributed by atoms with van der Waals surface area (Å²) in [6.07, 6.45) is 2.12. The average Bonchev–Trinajstić information content (AvgIpc) is 2.50. The Kier molecular flexibility index (Phi) is 5.65. The second kappa shape index (κ2) is 7.27. The molecule has 0 amide bonds. The first-order chi connectivity index (χ1) is 10.1. The second-order valence-electron chi connectivity index (χ2n) is 5.56. The fraction of sp³-hybridized carbons (Fsp3) is 0.562. The number of aliphatic carboxylic acids is 1. The fourth-order valence-corrected chi connectivity index (χ4v) is 3.72. The number of hydrogen-bond acceptors (Lipinski definition) is 3. The lowest BCUT2D eigenvalue weighted by Crippen LogP contribution is -2.44. The topological polar surface area (TPSA) is 40.5 Å². The minimum Gasteiger partial charge on any atom is -0.481 e. The predicted molar refractivity (Wildman–Crippen MR) is 83.2 cm³/mol. The molecule has 1 N–H and O–H groups in total. The first-order valence-corrected chi connectivity index (χ1v) is 8.39. The molecule has 116 valence electrons. The lowest BCUT2D eigenvalue weighted by atomic mass is 9.76. The van der Waals surface area contributed by atoms with Crippen LogP contribution in [0.4, 0.5) is 4.39 Å². The molecule has 1 heterocycles. The summed E-state index contributed by atoms with van der Waals surface area (Å²) >= 11 is 1.52. The van der Waals surface area contributed by atoms with Crippen molar-refractivity contribution < 1.29 is 14.3 Å². The van der Waals surface area contributed by atoms with Gasteiger partial charge in [0.25, 0.3) is 0 Å². The summed E-state index contributed by atoms with van der Waals surface area (Å²) < 4.78 is 13.5. The number of halogens is 1. The molecule has 21 heavy (non-hydrogen) atoms. The summed E-state index contributed by atoms with van der Waals surface area (Å²) in [4.78, 5) is 14.4. The number of carbonyl (C=O) groups is 1. The Morgan fingerprint density at radius 2 is 2.05 bits per heavy atom. The van der Waals surface area contributed by atoms with Gasteiger partial charge >= 0.3 is 5.97 Å². The van der Waals surface area contributed by atoms with Gasteiger partial charge in [0.05, 0.1) is 5.41 Å². The number of thioether (sulfide) groups is 1. The molecule has 5 heteroatoms. The second-order valence-corrected chi connectivity index (χ2v) is 6.70. The van der Waals surface area contributed by atoms with Crippen molar-refractivity contribution in [3.05, 3.63) is 30.1 Å². The van der Waals surface area contributed by atoms with Crippen molar-refractivity contribution in [1.29, 1.82) is 0 Å². The van der Waals surface area contributed by atoms with Gasteiger partial charge in [0.15, 0.2) is 0 Å². The van der Waals surface area contributed by atoms with Gasteiger partial charge in [-0.15, -0.1) is 11.8 Å². The van der Waals surface area contributed by atoms with Gasteiger partial charge < -0.3 is 10.0 Å². The molecule has 0 radical (unpaired) electrons. The molecule has 1 aliphatic rings. The van der Waals surface area contributed by atoms with E-state index in [-0.39, 0.29) is 5.82 Å². The van der Waals surface area contributed by atoms with E-state index in [0.717, 1.165) is 25.4 Å². The van der Waals surface area contributed by atoms with Crippen LogP contribution < -0.4 is 0 Å². The maximum absolute atomic E-state index is 13.5. The molecule has 1 aliphatic heterocycles. The molecule has 1 aromatic carbocycles. The van der Waals surface area contributed by atoms with Gasteiger partial charge in [-0.05, 0) is 44.5 Å². The Hall–Kier alpha value is -1.07. The highest BCUT2D eigenvalue weighted by Gasteiger charge is 2.39. The average molecular weight is 311 g/mol. The molecule has 0 aliphatic carbocycles. The molecule has 0 saturated carbocycles. The molecule has 2 rings (SSSR count).